The molecule has 0 radical (unpaired) electrons. The van der Waals surface area contributed by atoms with E-state index in [0.29, 0.717) is 24.9 Å². The predicted octanol–water partition coefficient (Wildman–Crippen LogP) is 2.97. The molecule has 0 bridgehead atoms. The van der Waals surface area contributed by atoms with Crippen molar-refractivity contribution in [2.45, 2.75) is 38.8 Å². The summed E-state index contributed by atoms with van der Waals surface area (Å²) in [4.78, 5) is 16.6. The number of para-hydroxylation sites is 1. The third-order valence-corrected chi connectivity index (χ3v) is 4.27. The number of carbonyl (C=O) groups is 1. The van der Waals surface area contributed by atoms with Gasteiger partial charge in [-0.2, -0.15) is 0 Å². The van der Waals surface area contributed by atoms with Crippen molar-refractivity contribution in [2.75, 3.05) is 11.9 Å². The fourth-order valence-corrected chi connectivity index (χ4v) is 2.38. The van der Waals surface area contributed by atoms with Gasteiger partial charge in [-0.25, -0.2) is 0 Å². The van der Waals surface area contributed by atoms with E-state index in [1.54, 1.807) is 18.5 Å². The molecule has 3 N–H and O–H groups in total. The number of hydrogen-bond acceptors (Lipinski definition) is 4. The lowest BCUT2D eigenvalue weighted by Crippen LogP contribution is -2.42. The lowest BCUT2D eigenvalue weighted by molar-refractivity contribution is 0.0314. The highest BCUT2D eigenvalue weighted by atomic mass is 16.3. The van der Waals surface area contributed by atoms with Crippen LogP contribution in [0.15, 0.2) is 48.8 Å². The van der Waals surface area contributed by atoms with E-state index in [1.165, 1.54) is 0 Å². The lowest BCUT2D eigenvalue weighted by Gasteiger charge is -2.25. The van der Waals surface area contributed by atoms with Gasteiger partial charge in [0.15, 0.2) is 0 Å². The first-order valence-corrected chi connectivity index (χ1v) is 8.30. The minimum Gasteiger partial charge on any atom is -0.388 e. The molecule has 5 nitrogen and oxygen atoms in total. The van der Waals surface area contributed by atoms with Crippen LogP contribution in [0, 0.1) is 0 Å². The maximum absolute atomic E-state index is 12.5. The Kier molecular flexibility index (Phi) is 6.32. The number of pyridine rings is 1. The molecular weight excluding hydrogens is 302 g/mol. The monoisotopic (exact) mass is 327 g/mol. The minimum absolute atomic E-state index is 0.190. The second kappa shape index (κ2) is 8.45. The van der Waals surface area contributed by atoms with Gasteiger partial charge in [-0.3, -0.25) is 9.78 Å². The number of rotatable bonds is 8. The average molecular weight is 327 g/mol. The van der Waals surface area contributed by atoms with E-state index in [1.807, 2.05) is 44.2 Å². The van der Waals surface area contributed by atoms with Gasteiger partial charge in [-0.15, -0.1) is 0 Å². The zero-order valence-electron chi connectivity index (χ0n) is 14.2. The second-order valence-electron chi connectivity index (χ2n) is 5.87. The number of aliphatic hydroxyl groups is 1. The summed E-state index contributed by atoms with van der Waals surface area (Å²) in [5.74, 6) is -0.190. The first-order valence-electron chi connectivity index (χ1n) is 8.30. The molecule has 0 aliphatic rings. The highest BCUT2D eigenvalue weighted by molar-refractivity contribution is 5.99. The van der Waals surface area contributed by atoms with Crippen molar-refractivity contribution >= 4 is 11.6 Å². The number of anilines is 1. The SMILES string of the molecule is CCC(O)(CC)CNC(=O)c1ccccc1NCc1cccnc1. The van der Waals surface area contributed by atoms with Crippen LogP contribution in [0.1, 0.15) is 42.6 Å². The van der Waals surface area contributed by atoms with E-state index >= 15 is 0 Å². The molecule has 0 atom stereocenters. The number of nitrogens with one attached hydrogen (secondary N) is 2. The van der Waals surface area contributed by atoms with Gasteiger partial charge >= 0.3 is 0 Å². The Morgan fingerprint density at radius 1 is 1.17 bits per heavy atom. The van der Waals surface area contributed by atoms with Gasteiger partial charge in [0.25, 0.3) is 5.91 Å². The number of aromatic nitrogens is 1. The summed E-state index contributed by atoms with van der Waals surface area (Å²) in [5, 5.41) is 16.4. The molecule has 0 saturated carbocycles. The molecule has 5 heteroatoms. The van der Waals surface area contributed by atoms with Crippen LogP contribution in [-0.4, -0.2) is 28.1 Å². The number of amides is 1. The van der Waals surface area contributed by atoms with Crippen LogP contribution >= 0.6 is 0 Å². The van der Waals surface area contributed by atoms with Crippen LogP contribution in [0.25, 0.3) is 0 Å². The van der Waals surface area contributed by atoms with Gasteiger partial charge in [0, 0.05) is 31.2 Å². The fourth-order valence-electron chi connectivity index (χ4n) is 2.38. The van der Waals surface area contributed by atoms with Crippen molar-refractivity contribution in [3.05, 3.63) is 59.9 Å². The van der Waals surface area contributed by atoms with Crippen LogP contribution in [0.4, 0.5) is 5.69 Å². The van der Waals surface area contributed by atoms with Crippen molar-refractivity contribution in [1.29, 1.82) is 0 Å². The number of benzene rings is 1. The molecule has 2 aromatic rings. The van der Waals surface area contributed by atoms with Crippen LogP contribution in [0.5, 0.6) is 0 Å². The quantitative estimate of drug-likeness (QED) is 0.697. The Morgan fingerprint density at radius 2 is 1.92 bits per heavy atom. The largest absolute Gasteiger partial charge is 0.388 e. The third-order valence-electron chi connectivity index (χ3n) is 4.27. The van der Waals surface area contributed by atoms with E-state index in [-0.39, 0.29) is 12.5 Å². The average Bonchev–Trinajstić information content (AvgIpc) is 2.65. The summed E-state index contributed by atoms with van der Waals surface area (Å²) in [7, 11) is 0. The van der Waals surface area contributed by atoms with Gasteiger partial charge in [0.1, 0.15) is 0 Å². The summed E-state index contributed by atoms with van der Waals surface area (Å²) in [5.41, 5.74) is 1.51. The predicted molar refractivity (Wildman–Crippen MR) is 95.9 cm³/mol. The molecule has 0 unspecified atom stereocenters. The summed E-state index contributed by atoms with van der Waals surface area (Å²) in [6.07, 6.45) is 4.72. The Bertz CT molecular complexity index is 655. The number of hydrogen-bond donors (Lipinski definition) is 3. The van der Waals surface area contributed by atoms with Crippen LogP contribution in [0.2, 0.25) is 0 Å². The highest BCUT2D eigenvalue weighted by Crippen LogP contribution is 2.17. The first kappa shape index (κ1) is 17.9. The van der Waals surface area contributed by atoms with Gasteiger partial charge in [-0.1, -0.05) is 32.0 Å². The zero-order chi connectivity index (χ0) is 17.4. The fraction of sp³-hybridized carbons (Fsp3) is 0.368. The van der Waals surface area contributed by atoms with Crippen molar-refractivity contribution in [3.8, 4) is 0 Å². The van der Waals surface area contributed by atoms with E-state index in [4.69, 9.17) is 0 Å². The molecular formula is C19H25N3O2. The van der Waals surface area contributed by atoms with E-state index < -0.39 is 5.60 Å². The van der Waals surface area contributed by atoms with Gasteiger partial charge in [0.05, 0.1) is 11.2 Å². The Balaban J connectivity index is 2.03. The smallest absolute Gasteiger partial charge is 0.253 e. The number of nitrogens with zero attached hydrogens (tertiary/aromatic N) is 1. The number of carbonyl (C=O) groups excluding carboxylic acids is 1. The zero-order valence-corrected chi connectivity index (χ0v) is 14.2. The molecule has 1 aromatic carbocycles. The summed E-state index contributed by atoms with van der Waals surface area (Å²) >= 11 is 0. The Labute approximate surface area is 143 Å². The summed E-state index contributed by atoms with van der Waals surface area (Å²) < 4.78 is 0. The maximum atomic E-state index is 12.5. The van der Waals surface area contributed by atoms with Crippen molar-refractivity contribution in [3.63, 3.8) is 0 Å². The summed E-state index contributed by atoms with van der Waals surface area (Å²) in [6.45, 7) is 4.67. The van der Waals surface area contributed by atoms with Crippen LogP contribution in [-0.2, 0) is 6.54 Å². The van der Waals surface area contributed by atoms with Gasteiger partial charge in [-0.05, 0) is 36.6 Å². The molecule has 1 amide bonds. The van der Waals surface area contributed by atoms with E-state index in [9.17, 15) is 9.90 Å². The third kappa shape index (κ3) is 4.80. The molecule has 128 valence electrons. The minimum atomic E-state index is -0.853. The summed E-state index contributed by atoms with van der Waals surface area (Å²) in [6, 6.07) is 11.2. The van der Waals surface area contributed by atoms with Crippen molar-refractivity contribution in [1.82, 2.24) is 10.3 Å². The molecule has 24 heavy (non-hydrogen) atoms. The van der Waals surface area contributed by atoms with E-state index in [0.717, 1.165) is 11.3 Å². The topological polar surface area (TPSA) is 74.2 Å². The van der Waals surface area contributed by atoms with Gasteiger partial charge in [0.2, 0.25) is 0 Å². The molecule has 1 heterocycles. The normalized spacial score (nSPS) is 11.1. The standard InChI is InChI=1S/C19H25N3O2/c1-3-19(24,4-2)14-22-18(23)16-9-5-6-10-17(16)21-13-15-8-7-11-20-12-15/h5-12,21,24H,3-4,13-14H2,1-2H3,(H,22,23). The Morgan fingerprint density at radius 3 is 2.58 bits per heavy atom. The molecule has 0 spiro atoms. The second-order valence-corrected chi connectivity index (χ2v) is 5.87. The molecule has 2 rings (SSSR count). The van der Waals surface area contributed by atoms with Crippen LogP contribution in [0.3, 0.4) is 0 Å². The highest BCUT2D eigenvalue weighted by Gasteiger charge is 2.23. The Hall–Kier alpha value is -2.40. The molecule has 0 aliphatic heterocycles. The molecule has 0 aliphatic carbocycles. The van der Waals surface area contributed by atoms with Crippen LogP contribution < -0.4 is 10.6 Å². The molecule has 1 aromatic heterocycles. The lowest BCUT2D eigenvalue weighted by atomic mass is 9.97. The molecule has 0 saturated heterocycles. The first-order chi connectivity index (χ1) is 11.6. The maximum Gasteiger partial charge on any atom is 0.253 e. The van der Waals surface area contributed by atoms with Crippen molar-refractivity contribution in [2.24, 2.45) is 0 Å². The van der Waals surface area contributed by atoms with Crippen molar-refractivity contribution < 1.29 is 9.90 Å². The van der Waals surface area contributed by atoms with Gasteiger partial charge < -0.3 is 15.7 Å². The van der Waals surface area contributed by atoms with E-state index in [2.05, 4.69) is 15.6 Å². The molecule has 0 fully saturated rings.